The van der Waals surface area contributed by atoms with Crippen molar-refractivity contribution in [2.45, 2.75) is 11.5 Å². The van der Waals surface area contributed by atoms with Gasteiger partial charge in [-0.05, 0) is 24.3 Å². The molecule has 0 radical (unpaired) electrons. The van der Waals surface area contributed by atoms with Crippen LogP contribution in [0.5, 0.6) is 0 Å². The lowest BCUT2D eigenvalue weighted by atomic mass is 10.2. The number of nitrogens with two attached hydrogens (primary N) is 1. The number of ether oxygens (including phenoxy) is 2. The molecule has 2 heterocycles. The van der Waals surface area contributed by atoms with Crippen molar-refractivity contribution >= 4 is 55.9 Å². The van der Waals surface area contributed by atoms with Crippen LogP contribution >= 0.6 is 23.2 Å². The fraction of sp³-hybridized carbons (Fsp3) is 0.250. The summed E-state index contributed by atoms with van der Waals surface area (Å²) in [7, 11) is -3.95. The number of esters is 1. The maximum absolute atomic E-state index is 13.0. The molecule has 4 rings (SSSR count). The molecule has 0 saturated carbocycles. The third-order valence-corrected chi connectivity index (χ3v) is 7.52. The number of aromatic nitrogens is 2. The van der Waals surface area contributed by atoms with Gasteiger partial charge in [0.25, 0.3) is 0 Å². The van der Waals surface area contributed by atoms with Gasteiger partial charge in [-0.1, -0.05) is 35.3 Å². The molecule has 2 aromatic carbocycles. The average Bonchev–Trinajstić information content (AvgIpc) is 2.78. The lowest BCUT2D eigenvalue weighted by Gasteiger charge is -2.26. The van der Waals surface area contributed by atoms with Gasteiger partial charge in [-0.2, -0.15) is 4.31 Å². The Balaban J connectivity index is 1.58. The zero-order chi connectivity index (χ0) is 22.9. The number of nitrogen functional groups attached to an aromatic ring is 1. The Labute approximate surface area is 194 Å². The number of hydrogen-bond donors (Lipinski definition) is 1. The van der Waals surface area contributed by atoms with Crippen molar-refractivity contribution in [1.82, 2.24) is 14.3 Å². The Bertz CT molecular complexity index is 1300. The normalized spacial score (nSPS) is 15.1. The molecule has 1 saturated heterocycles. The Hall–Kier alpha value is -2.50. The number of sulfonamides is 1. The smallest absolute Gasteiger partial charge is 0.340 e. The third kappa shape index (κ3) is 4.50. The van der Waals surface area contributed by atoms with E-state index in [4.69, 9.17) is 38.4 Å². The van der Waals surface area contributed by atoms with Gasteiger partial charge >= 0.3 is 5.97 Å². The Kier molecular flexibility index (Phi) is 6.50. The predicted octanol–water partition coefficient (Wildman–Crippen LogP) is 2.90. The van der Waals surface area contributed by atoms with Crippen molar-refractivity contribution in [2.75, 3.05) is 32.0 Å². The number of benzene rings is 2. The minimum Gasteiger partial charge on any atom is -0.454 e. The lowest BCUT2D eigenvalue weighted by molar-refractivity contribution is 0.0462. The number of hydrogen-bond acceptors (Lipinski definition) is 8. The van der Waals surface area contributed by atoms with Gasteiger partial charge in [-0.15, -0.1) is 0 Å². The second-order valence-corrected chi connectivity index (χ2v) is 9.62. The standard InChI is InChI=1S/C20H18Cl2N4O5S/c21-14-10-15(22)17(32(28,29)26-5-7-30-8-6-26)9-13(14)20(27)31-11-18-24-16-4-2-1-3-12(16)19(23)25-18/h1-4,9-10H,5-8,11H2,(H2,23,24,25). The summed E-state index contributed by atoms with van der Waals surface area (Å²) in [5.74, 6) is -0.397. The lowest BCUT2D eigenvalue weighted by Crippen LogP contribution is -2.40. The van der Waals surface area contributed by atoms with E-state index < -0.39 is 16.0 Å². The van der Waals surface area contributed by atoms with Crippen LogP contribution in [-0.4, -0.2) is 55.0 Å². The van der Waals surface area contributed by atoms with Crippen LogP contribution in [0, 0.1) is 0 Å². The number of morpholine rings is 1. The van der Waals surface area contributed by atoms with Crippen molar-refractivity contribution in [1.29, 1.82) is 0 Å². The van der Waals surface area contributed by atoms with Gasteiger partial charge in [0.1, 0.15) is 10.7 Å². The molecule has 1 aromatic heterocycles. The number of rotatable bonds is 5. The second-order valence-electron chi connectivity index (χ2n) is 6.90. The molecule has 9 nitrogen and oxygen atoms in total. The van der Waals surface area contributed by atoms with Crippen LogP contribution in [0.1, 0.15) is 16.2 Å². The van der Waals surface area contributed by atoms with Crippen LogP contribution in [-0.2, 0) is 26.1 Å². The van der Waals surface area contributed by atoms with Crippen molar-refractivity contribution in [3.05, 3.63) is 57.8 Å². The SMILES string of the molecule is Nc1nc(COC(=O)c2cc(S(=O)(=O)N3CCOCC3)c(Cl)cc2Cl)nc2ccccc12. The van der Waals surface area contributed by atoms with E-state index in [-0.39, 0.29) is 65.1 Å². The zero-order valence-corrected chi connectivity index (χ0v) is 19.0. The number of nitrogens with zero attached hydrogens (tertiary/aromatic N) is 3. The number of halogens is 2. The van der Waals surface area contributed by atoms with E-state index in [2.05, 4.69) is 9.97 Å². The Morgan fingerprint density at radius 2 is 1.84 bits per heavy atom. The number of carbonyl (C=O) groups excluding carboxylic acids is 1. The monoisotopic (exact) mass is 496 g/mol. The van der Waals surface area contributed by atoms with E-state index in [0.29, 0.717) is 10.9 Å². The van der Waals surface area contributed by atoms with Crippen molar-refractivity contribution < 1.29 is 22.7 Å². The molecular weight excluding hydrogens is 479 g/mol. The van der Waals surface area contributed by atoms with E-state index in [9.17, 15) is 13.2 Å². The van der Waals surface area contributed by atoms with Crippen LogP contribution in [0.4, 0.5) is 5.82 Å². The van der Waals surface area contributed by atoms with Crippen LogP contribution in [0.25, 0.3) is 10.9 Å². The van der Waals surface area contributed by atoms with E-state index in [1.54, 1.807) is 18.2 Å². The van der Waals surface area contributed by atoms with E-state index >= 15 is 0 Å². The second kappa shape index (κ2) is 9.16. The fourth-order valence-corrected chi connectivity index (χ4v) is 5.47. The van der Waals surface area contributed by atoms with Crippen LogP contribution < -0.4 is 5.73 Å². The minimum absolute atomic E-state index is 0.0418. The Morgan fingerprint density at radius 1 is 1.12 bits per heavy atom. The Morgan fingerprint density at radius 3 is 2.59 bits per heavy atom. The molecule has 0 amide bonds. The molecular formula is C20H18Cl2N4O5S. The summed E-state index contributed by atoms with van der Waals surface area (Å²) in [5, 5.41) is 0.546. The number of para-hydroxylation sites is 1. The molecule has 1 fully saturated rings. The third-order valence-electron chi connectivity index (χ3n) is 4.84. The molecule has 168 valence electrons. The van der Waals surface area contributed by atoms with Gasteiger partial charge in [-0.25, -0.2) is 23.2 Å². The van der Waals surface area contributed by atoms with Crippen molar-refractivity contribution in [3.63, 3.8) is 0 Å². The zero-order valence-electron chi connectivity index (χ0n) is 16.6. The highest BCUT2D eigenvalue weighted by Gasteiger charge is 2.30. The first-order valence-electron chi connectivity index (χ1n) is 9.52. The number of fused-ring (bicyclic) bond motifs is 1. The maximum atomic E-state index is 13.0. The highest BCUT2D eigenvalue weighted by atomic mass is 35.5. The molecule has 1 aliphatic rings. The molecule has 2 N–H and O–H groups in total. The summed E-state index contributed by atoms with van der Waals surface area (Å²) in [6, 6.07) is 9.48. The molecule has 12 heteroatoms. The summed E-state index contributed by atoms with van der Waals surface area (Å²) < 4.78 is 37.7. The van der Waals surface area contributed by atoms with E-state index in [1.807, 2.05) is 6.07 Å². The molecule has 0 unspecified atom stereocenters. The highest BCUT2D eigenvalue weighted by Crippen LogP contribution is 2.31. The van der Waals surface area contributed by atoms with Crippen LogP contribution in [0.15, 0.2) is 41.3 Å². The van der Waals surface area contributed by atoms with Gasteiger partial charge in [0.05, 0.1) is 34.3 Å². The van der Waals surface area contributed by atoms with Gasteiger partial charge in [0, 0.05) is 18.5 Å². The first-order chi connectivity index (χ1) is 15.3. The van der Waals surface area contributed by atoms with Crippen LogP contribution in [0.2, 0.25) is 10.0 Å². The predicted molar refractivity (Wildman–Crippen MR) is 119 cm³/mol. The molecule has 0 bridgehead atoms. The molecule has 3 aromatic rings. The first kappa shape index (κ1) is 22.7. The molecule has 32 heavy (non-hydrogen) atoms. The molecule has 0 spiro atoms. The topological polar surface area (TPSA) is 125 Å². The average molecular weight is 497 g/mol. The van der Waals surface area contributed by atoms with Crippen molar-refractivity contribution in [3.8, 4) is 0 Å². The van der Waals surface area contributed by atoms with E-state index in [1.165, 1.54) is 10.4 Å². The minimum atomic E-state index is -3.95. The summed E-state index contributed by atoms with van der Waals surface area (Å²) >= 11 is 12.3. The summed E-state index contributed by atoms with van der Waals surface area (Å²) in [6.45, 7) is 0.629. The summed E-state index contributed by atoms with van der Waals surface area (Å²) in [6.07, 6.45) is 0. The largest absolute Gasteiger partial charge is 0.454 e. The highest BCUT2D eigenvalue weighted by molar-refractivity contribution is 7.89. The molecule has 0 atom stereocenters. The number of carbonyl (C=O) groups is 1. The van der Waals surface area contributed by atoms with Gasteiger partial charge in [0.2, 0.25) is 10.0 Å². The van der Waals surface area contributed by atoms with E-state index in [0.717, 1.165) is 6.07 Å². The maximum Gasteiger partial charge on any atom is 0.340 e. The fourth-order valence-electron chi connectivity index (χ4n) is 3.23. The number of anilines is 1. The first-order valence-corrected chi connectivity index (χ1v) is 11.7. The van der Waals surface area contributed by atoms with Gasteiger partial charge < -0.3 is 15.2 Å². The quantitative estimate of drug-likeness (QED) is 0.534. The summed E-state index contributed by atoms with van der Waals surface area (Å²) in [4.78, 5) is 20.9. The van der Waals surface area contributed by atoms with Crippen LogP contribution in [0.3, 0.4) is 0 Å². The molecule has 0 aliphatic carbocycles. The summed E-state index contributed by atoms with van der Waals surface area (Å²) in [5.41, 5.74) is 6.41. The molecule has 1 aliphatic heterocycles. The van der Waals surface area contributed by atoms with Crippen molar-refractivity contribution in [2.24, 2.45) is 0 Å². The van der Waals surface area contributed by atoms with Gasteiger partial charge in [0.15, 0.2) is 12.4 Å². The van der Waals surface area contributed by atoms with Gasteiger partial charge in [-0.3, -0.25) is 0 Å².